The Balaban J connectivity index is 1.57. The highest BCUT2D eigenvalue weighted by Gasteiger charge is 2.30. The van der Waals surface area contributed by atoms with Crippen LogP contribution in [0.1, 0.15) is 64.0 Å². The van der Waals surface area contributed by atoms with Gasteiger partial charge in [-0.3, -0.25) is 9.59 Å². The SMILES string of the molecule is C[C@H](NC(=O)[C@H](CCCCNC(=O)OC(C)(C)C)NC(=O)OCC1c2ccccc2-c2ccccc21)C(=O)O. The fourth-order valence-corrected chi connectivity index (χ4v) is 4.40. The van der Waals surface area contributed by atoms with Crippen LogP contribution in [0.15, 0.2) is 48.5 Å². The zero-order chi connectivity index (χ0) is 28.6. The summed E-state index contributed by atoms with van der Waals surface area (Å²) in [5.41, 5.74) is 3.72. The monoisotopic (exact) mass is 539 g/mol. The first-order chi connectivity index (χ1) is 18.5. The molecule has 0 fully saturated rings. The molecule has 0 aliphatic heterocycles. The smallest absolute Gasteiger partial charge is 0.407 e. The molecule has 0 bridgehead atoms. The maximum absolute atomic E-state index is 12.8. The number of carbonyl (C=O) groups excluding carboxylic acids is 3. The molecule has 4 N–H and O–H groups in total. The molecule has 2 atom stereocenters. The Labute approximate surface area is 228 Å². The minimum Gasteiger partial charge on any atom is -0.480 e. The Hall–Kier alpha value is -4.08. The minimum absolute atomic E-state index is 0.0829. The van der Waals surface area contributed by atoms with Crippen molar-refractivity contribution in [1.29, 1.82) is 0 Å². The lowest BCUT2D eigenvalue weighted by Gasteiger charge is -2.21. The molecule has 10 heteroatoms. The predicted molar refractivity (Wildman–Crippen MR) is 145 cm³/mol. The number of ether oxygens (including phenoxy) is 2. The van der Waals surface area contributed by atoms with E-state index < -0.39 is 41.7 Å². The molecule has 1 aliphatic rings. The predicted octanol–water partition coefficient (Wildman–Crippen LogP) is 4.18. The van der Waals surface area contributed by atoms with E-state index in [1.165, 1.54) is 6.92 Å². The molecule has 10 nitrogen and oxygen atoms in total. The van der Waals surface area contributed by atoms with Crippen LogP contribution in [0.2, 0.25) is 0 Å². The molecule has 3 amide bonds. The number of carboxylic acids is 1. The summed E-state index contributed by atoms with van der Waals surface area (Å²) in [5.74, 6) is -1.95. The highest BCUT2D eigenvalue weighted by atomic mass is 16.6. The highest BCUT2D eigenvalue weighted by Crippen LogP contribution is 2.44. The molecular weight excluding hydrogens is 502 g/mol. The first kappa shape index (κ1) is 29.5. The number of unbranched alkanes of at least 4 members (excludes halogenated alkanes) is 1. The molecule has 2 aromatic carbocycles. The van der Waals surface area contributed by atoms with Gasteiger partial charge in [0.1, 0.15) is 24.3 Å². The lowest BCUT2D eigenvalue weighted by Crippen LogP contribution is -2.51. The van der Waals surface area contributed by atoms with Crippen molar-refractivity contribution in [2.75, 3.05) is 13.2 Å². The Morgan fingerprint density at radius 1 is 0.897 bits per heavy atom. The second-order valence-corrected chi connectivity index (χ2v) is 10.5. The van der Waals surface area contributed by atoms with Crippen LogP contribution in [-0.4, -0.2) is 60.0 Å². The summed E-state index contributed by atoms with van der Waals surface area (Å²) >= 11 is 0. The lowest BCUT2D eigenvalue weighted by molar-refractivity contribution is -0.141. The number of aliphatic carboxylic acids is 1. The van der Waals surface area contributed by atoms with Gasteiger partial charge in [0.15, 0.2) is 0 Å². The van der Waals surface area contributed by atoms with Crippen LogP contribution in [0, 0.1) is 0 Å². The van der Waals surface area contributed by atoms with Gasteiger partial charge < -0.3 is 30.5 Å². The maximum Gasteiger partial charge on any atom is 0.407 e. The third-order valence-corrected chi connectivity index (χ3v) is 6.27. The van der Waals surface area contributed by atoms with Gasteiger partial charge in [-0.15, -0.1) is 0 Å². The molecule has 3 rings (SSSR count). The van der Waals surface area contributed by atoms with Gasteiger partial charge in [-0.25, -0.2) is 9.59 Å². The number of carboxylic acid groups (broad SMARTS) is 1. The van der Waals surface area contributed by atoms with E-state index in [0.717, 1.165) is 22.3 Å². The number of fused-ring (bicyclic) bond motifs is 3. The summed E-state index contributed by atoms with van der Waals surface area (Å²) in [4.78, 5) is 48.6. The molecule has 0 heterocycles. The zero-order valence-electron chi connectivity index (χ0n) is 22.8. The molecule has 39 heavy (non-hydrogen) atoms. The van der Waals surface area contributed by atoms with Gasteiger partial charge in [0.25, 0.3) is 0 Å². The van der Waals surface area contributed by atoms with Crippen molar-refractivity contribution in [3.63, 3.8) is 0 Å². The van der Waals surface area contributed by atoms with E-state index in [1.54, 1.807) is 20.8 Å². The summed E-state index contributed by atoms with van der Waals surface area (Å²) in [6, 6.07) is 13.8. The van der Waals surface area contributed by atoms with Crippen molar-refractivity contribution in [1.82, 2.24) is 16.0 Å². The molecule has 0 unspecified atom stereocenters. The van der Waals surface area contributed by atoms with Crippen molar-refractivity contribution in [3.8, 4) is 11.1 Å². The summed E-state index contributed by atoms with van der Waals surface area (Å²) in [6.45, 7) is 7.04. The topological polar surface area (TPSA) is 143 Å². The number of carbonyl (C=O) groups is 4. The first-order valence-corrected chi connectivity index (χ1v) is 13.1. The zero-order valence-corrected chi connectivity index (χ0v) is 22.8. The number of amides is 3. The summed E-state index contributed by atoms with van der Waals surface area (Å²) < 4.78 is 10.8. The third-order valence-electron chi connectivity index (χ3n) is 6.27. The molecule has 0 aromatic heterocycles. The van der Waals surface area contributed by atoms with Crippen LogP contribution in [0.5, 0.6) is 0 Å². The second kappa shape index (κ2) is 13.1. The molecule has 1 aliphatic carbocycles. The van der Waals surface area contributed by atoms with Crippen LogP contribution in [0.3, 0.4) is 0 Å². The first-order valence-electron chi connectivity index (χ1n) is 13.1. The normalized spacial score (nSPS) is 13.8. The Bertz CT molecular complexity index is 1150. The van der Waals surface area contributed by atoms with E-state index in [2.05, 4.69) is 16.0 Å². The van der Waals surface area contributed by atoms with Gasteiger partial charge >= 0.3 is 18.2 Å². The minimum atomic E-state index is -1.19. The van der Waals surface area contributed by atoms with Gasteiger partial charge in [0.05, 0.1) is 0 Å². The van der Waals surface area contributed by atoms with Crippen molar-refractivity contribution in [3.05, 3.63) is 59.7 Å². The maximum atomic E-state index is 12.8. The lowest BCUT2D eigenvalue weighted by atomic mass is 9.98. The number of benzene rings is 2. The molecule has 0 spiro atoms. The number of nitrogens with one attached hydrogen (secondary N) is 3. The Morgan fingerprint density at radius 2 is 1.49 bits per heavy atom. The van der Waals surface area contributed by atoms with E-state index >= 15 is 0 Å². The van der Waals surface area contributed by atoms with Gasteiger partial charge in [0, 0.05) is 12.5 Å². The van der Waals surface area contributed by atoms with Crippen LogP contribution in [0.4, 0.5) is 9.59 Å². The van der Waals surface area contributed by atoms with Gasteiger partial charge in [-0.2, -0.15) is 0 Å². The summed E-state index contributed by atoms with van der Waals surface area (Å²) in [7, 11) is 0. The number of hydrogen-bond acceptors (Lipinski definition) is 6. The number of hydrogen-bond donors (Lipinski definition) is 4. The summed E-state index contributed by atoms with van der Waals surface area (Å²) in [5, 5.41) is 16.8. The van der Waals surface area contributed by atoms with E-state index in [0.29, 0.717) is 19.4 Å². The van der Waals surface area contributed by atoms with Gasteiger partial charge in [-0.05, 0) is 69.2 Å². The van der Waals surface area contributed by atoms with Crippen molar-refractivity contribution in [2.24, 2.45) is 0 Å². The van der Waals surface area contributed by atoms with E-state index in [4.69, 9.17) is 14.6 Å². The van der Waals surface area contributed by atoms with Crippen molar-refractivity contribution in [2.45, 2.75) is 70.6 Å². The largest absolute Gasteiger partial charge is 0.480 e. The Kier molecular flexibility index (Phi) is 9.92. The quantitative estimate of drug-likeness (QED) is 0.314. The van der Waals surface area contributed by atoms with Crippen LogP contribution >= 0.6 is 0 Å². The molecule has 210 valence electrons. The average molecular weight is 540 g/mol. The van der Waals surface area contributed by atoms with E-state index in [1.807, 2.05) is 48.5 Å². The Morgan fingerprint density at radius 3 is 2.05 bits per heavy atom. The highest BCUT2D eigenvalue weighted by molar-refractivity contribution is 5.89. The van der Waals surface area contributed by atoms with Gasteiger partial charge in [-0.1, -0.05) is 48.5 Å². The average Bonchev–Trinajstić information content (AvgIpc) is 3.19. The van der Waals surface area contributed by atoms with Crippen LogP contribution in [0.25, 0.3) is 11.1 Å². The van der Waals surface area contributed by atoms with E-state index in [9.17, 15) is 19.2 Å². The van der Waals surface area contributed by atoms with Crippen molar-refractivity contribution < 1.29 is 33.8 Å². The fraction of sp³-hybridized carbons (Fsp3) is 0.448. The van der Waals surface area contributed by atoms with Crippen LogP contribution in [-0.2, 0) is 19.1 Å². The standard InChI is InChI=1S/C29H37N3O7/c1-18(26(34)35)31-25(33)24(15-9-10-16-30-27(36)39-29(2,3)4)32-28(37)38-17-23-21-13-7-5-11-19(21)20-12-6-8-14-22(20)23/h5-8,11-14,18,23-24H,9-10,15-17H2,1-4H3,(H,30,36)(H,31,33)(H,32,37)(H,34,35)/t18-,24-/m0/s1. The molecular formula is C29H37N3O7. The third kappa shape index (κ3) is 8.46. The molecule has 0 saturated carbocycles. The van der Waals surface area contributed by atoms with Crippen molar-refractivity contribution >= 4 is 24.1 Å². The van der Waals surface area contributed by atoms with E-state index in [-0.39, 0.29) is 18.9 Å². The number of alkyl carbamates (subject to hydrolysis) is 2. The fourth-order valence-electron chi connectivity index (χ4n) is 4.40. The second-order valence-electron chi connectivity index (χ2n) is 10.5. The van der Waals surface area contributed by atoms with Gasteiger partial charge in [0.2, 0.25) is 5.91 Å². The van der Waals surface area contributed by atoms with Crippen LogP contribution < -0.4 is 16.0 Å². The summed E-state index contributed by atoms with van der Waals surface area (Å²) in [6.07, 6.45) is -0.1000. The molecule has 2 aromatic rings. The molecule has 0 saturated heterocycles. The molecule has 0 radical (unpaired) electrons. The number of rotatable bonds is 11.